The molecule has 0 saturated carbocycles. The third-order valence-electron chi connectivity index (χ3n) is 2.98. The van der Waals surface area contributed by atoms with Crippen molar-refractivity contribution in [3.63, 3.8) is 0 Å². The Bertz CT molecular complexity index is 531. The molecule has 2 N–H and O–H groups in total. The summed E-state index contributed by atoms with van der Waals surface area (Å²) in [7, 11) is 0. The van der Waals surface area contributed by atoms with Gasteiger partial charge >= 0.3 is 0 Å². The van der Waals surface area contributed by atoms with Crippen LogP contribution < -0.4 is 5.73 Å². The first kappa shape index (κ1) is 8.30. The monoisotopic (exact) mass is 247 g/mol. The number of rotatable bonds is 0. The number of hydrogen-bond acceptors (Lipinski definition) is 1. The zero-order chi connectivity index (χ0) is 9.71. The Hall–Kier alpha value is -1.02. The zero-order valence-electron chi connectivity index (χ0n) is 7.68. The number of anilines is 1. The summed E-state index contributed by atoms with van der Waals surface area (Å²) in [5, 5.41) is 2.58. The molecule has 0 unspecified atom stereocenters. The van der Waals surface area contributed by atoms with Gasteiger partial charge in [0.15, 0.2) is 0 Å². The summed E-state index contributed by atoms with van der Waals surface area (Å²) >= 11 is 3.51. The molecule has 0 aliphatic heterocycles. The normalized spacial score (nSPS) is 13.8. The van der Waals surface area contributed by atoms with Gasteiger partial charge in [-0.3, -0.25) is 0 Å². The van der Waals surface area contributed by atoms with E-state index < -0.39 is 0 Å². The van der Waals surface area contributed by atoms with Crippen LogP contribution in [0.5, 0.6) is 0 Å². The van der Waals surface area contributed by atoms with E-state index in [1.165, 1.54) is 21.9 Å². The maximum Gasteiger partial charge on any atom is 0.0538 e. The Morgan fingerprint density at radius 2 is 1.93 bits per heavy atom. The fraction of sp³-hybridized carbons (Fsp3) is 0.167. The molecule has 0 radical (unpaired) electrons. The molecule has 0 fully saturated rings. The minimum atomic E-state index is 0.868. The fourth-order valence-electron chi connectivity index (χ4n) is 2.31. The van der Waals surface area contributed by atoms with Crippen LogP contribution in [0.4, 0.5) is 5.69 Å². The van der Waals surface area contributed by atoms with Crippen LogP contribution in [-0.4, -0.2) is 0 Å². The molecule has 0 spiro atoms. The summed E-state index contributed by atoms with van der Waals surface area (Å²) in [6.45, 7) is 0. The Morgan fingerprint density at radius 1 is 1.14 bits per heavy atom. The first-order valence-corrected chi connectivity index (χ1v) is 5.55. The van der Waals surface area contributed by atoms with Crippen LogP contribution >= 0.6 is 15.9 Å². The lowest BCUT2D eigenvalue weighted by Gasteiger charge is -2.07. The van der Waals surface area contributed by atoms with Gasteiger partial charge in [0.05, 0.1) is 5.69 Å². The van der Waals surface area contributed by atoms with Crippen molar-refractivity contribution in [2.45, 2.75) is 12.8 Å². The number of nitrogens with two attached hydrogens (primary N) is 1. The Kier molecular flexibility index (Phi) is 1.62. The molecule has 3 rings (SSSR count). The van der Waals surface area contributed by atoms with Gasteiger partial charge in [-0.1, -0.05) is 18.2 Å². The molecule has 2 heteroatoms. The van der Waals surface area contributed by atoms with Gasteiger partial charge in [-0.25, -0.2) is 0 Å². The van der Waals surface area contributed by atoms with Gasteiger partial charge in [-0.2, -0.15) is 0 Å². The quantitative estimate of drug-likeness (QED) is 0.711. The van der Waals surface area contributed by atoms with Crippen molar-refractivity contribution < 1.29 is 0 Å². The Morgan fingerprint density at radius 3 is 2.79 bits per heavy atom. The van der Waals surface area contributed by atoms with Crippen molar-refractivity contribution >= 4 is 32.4 Å². The summed E-state index contributed by atoms with van der Waals surface area (Å²) < 4.78 is 1.03. The molecule has 1 aliphatic carbocycles. The summed E-state index contributed by atoms with van der Waals surface area (Å²) in [6.07, 6.45) is 2.30. The minimum Gasteiger partial charge on any atom is -0.397 e. The molecule has 1 aliphatic rings. The maximum absolute atomic E-state index is 6.04. The molecule has 0 heterocycles. The summed E-state index contributed by atoms with van der Waals surface area (Å²) in [5.74, 6) is 0. The molecular weight excluding hydrogens is 238 g/mol. The first-order chi connectivity index (χ1) is 6.77. The minimum absolute atomic E-state index is 0.868. The molecule has 0 aromatic heterocycles. The zero-order valence-corrected chi connectivity index (χ0v) is 9.26. The van der Waals surface area contributed by atoms with Crippen molar-refractivity contribution in [1.82, 2.24) is 0 Å². The molecule has 0 amide bonds. The van der Waals surface area contributed by atoms with E-state index in [0.717, 1.165) is 23.0 Å². The lowest BCUT2D eigenvalue weighted by Crippen LogP contribution is -1.90. The van der Waals surface area contributed by atoms with E-state index in [0.29, 0.717) is 0 Å². The SMILES string of the molecule is Nc1c(Br)cc2c3c(cccc13)CC2. The average molecular weight is 248 g/mol. The molecule has 2 aromatic carbocycles. The van der Waals surface area contributed by atoms with E-state index in [-0.39, 0.29) is 0 Å². The number of halogens is 1. The third-order valence-corrected chi connectivity index (χ3v) is 3.64. The van der Waals surface area contributed by atoms with Crippen LogP contribution in [0.1, 0.15) is 11.1 Å². The van der Waals surface area contributed by atoms with E-state index in [1.54, 1.807) is 0 Å². The standard InChI is InChI=1S/C12H10BrN/c13-10-6-8-5-4-7-2-1-3-9(11(7)8)12(10)14/h1-3,6H,4-5,14H2. The second-order valence-electron chi connectivity index (χ2n) is 3.77. The highest BCUT2D eigenvalue weighted by molar-refractivity contribution is 9.10. The largest absolute Gasteiger partial charge is 0.397 e. The fourth-order valence-corrected chi connectivity index (χ4v) is 2.80. The number of aryl methyl sites for hydroxylation is 2. The predicted molar refractivity (Wildman–Crippen MR) is 63.5 cm³/mol. The van der Waals surface area contributed by atoms with Crippen molar-refractivity contribution in [3.05, 3.63) is 39.9 Å². The van der Waals surface area contributed by atoms with E-state index in [2.05, 4.69) is 40.2 Å². The van der Waals surface area contributed by atoms with Gasteiger partial charge in [0.2, 0.25) is 0 Å². The second-order valence-corrected chi connectivity index (χ2v) is 4.63. The van der Waals surface area contributed by atoms with Gasteiger partial charge in [0.1, 0.15) is 0 Å². The van der Waals surface area contributed by atoms with E-state index >= 15 is 0 Å². The summed E-state index contributed by atoms with van der Waals surface area (Å²) in [5.41, 5.74) is 9.77. The van der Waals surface area contributed by atoms with Crippen LogP contribution in [-0.2, 0) is 12.8 Å². The van der Waals surface area contributed by atoms with E-state index in [9.17, 15) is 0 Å². The molecule has 2 aromatic rings. The second kappa shape index (κ2) is 2.74. The van der Waals surface area contributed by atoms with Crippen LogP contribution in [0.15, 0.2) is 28.7 Å². The summed E-state index contributed by atoms with van der Waals surface area (Å²) in [4.78, 5) is 0. The lowest BCUT2D eigenvalue weighted by molar-refractivity contribution is 1.02. The van der Waals surface area contributed by atoms with Gasteiger partial charge in [-0.15, -0.1) is 0 Å². The van der Waals surface area contributed by atoms with E-state index in [4.69, 9.17) is 5.73 Å². The first-order valence-electron chi connectivity index (χ1n) is 4.76. The molecule has 14 heavy (non-hydrogen) atoms. The summed E-state index contributed by atoms with van der Waals surface area (Å²) in [6, 6.07) is 8.56. The van der Waals surface area contributed by atoms with Gasteiger partial charge in [0.25, 0.3) is 0 Å². The molecule has 0 bridgehead atoms. The number of nitrogen functional groups attached to an aromatic ring is 1. The third kappa shape index (κ3) is 0.947. The van der Waals surface area contributed by atoms with Gasteiger partial charge in [0, 0.05) is 9.86 Å². The lowest BCUT2D eigenvalue weighted by atomic mass is 10.0. The van der Waals surface area contributed by atoms with Crippen LogP contribution in [0, 0.1) is 0 Å². The van der Waals surface area contributed by atoms with Crippen molar-refractivity contribution in [2.24, 2.45) is 0 Å². The number of benzene rings is 2. The molecule has 0 atom stereocenters. The maximum atomic E-state index is 6.04. The highest BCUT2D eigenvalue weighted by atomic mass is 79.9. The van der Waals surface area contributed by atoms with Crippen LogP contribution in [0.25, 0.3) is 10.8 Å². The molecule has 0 saturated heterocycles. The van der Waals surface area contributed by atoms with Crippen LogP contribution in [0.2, 0.25) is 0 Å². The highest BCUT2D eigenvalue weighted by Gasteiger charge is 2.16. The van der Waals surface area contributed by atoms with Crippen molar-refractivity contribution in [3.8, 4) is 0 Å². The highest BCUT2D eigenvalue weighted by Crippen LogP contribution is 2.37. The molecule has 70 valence electrons. The Balaban J connectivity index is 2.57. The average Bonchev–Trinajstić information content (AvgIpc) is 2.59. The smallest absolute Gasteiger partial charge is 0.0538 e. The van der Waals surface area contributed by atoms with E-state index in [1.807, 2.05) is 0 Å². The predicted octanol–water partition coefficient (Wildman–Crippen LogP) is 3.28. The van der Waals surface area contributed by atoms with Crippen molar-refractivity contribution in [1.29, 1.82) is 0 Å². The topological polar surface area (TPSA) is 26.0 Å². The number of hydrogen-bond donors (Lipinski definition) is 1. The van der Waals surface area contributed by atoms with Gasteiger partial charge < -0.3 is 5.73 Å². The van der Waals surface area contributed by atoms with Gasteiger partial charge in [-0.05, 0) is 51.4 Å². The van der Waals surface area contributed by atoms with Crippen LogP contribution in [0.3, 0.4) is 0 Å². The Labute approximate surface area is 91.0 Å². The molecule has 1 nitrogen and oxygen atoms in total. The molecular formula is C12H10BrN. The van der Waals surface area contributed by atoms with Crippen molar-refractivity contribution in [2.75, 3.05) is 5.73 Å².